The molecule has 7 heteroatoms. The SMILES string of the molecule is C/C=C/CC(=O)N1CCc2ccc(S(=O)(=O)NCCC(C)O)cc2C1. The molecule has 0 aromatic heterocycles. The van der Waals surface area contributed by atoms with Gasteiger partial charge < -0.3 is 10.0 Å². The van der Waals surface area contributed by atoms with Crippen LogP contribution >= 0.6 is 0 Å². The summed E-state index contributed by atoms with van der Waals surface area (Å²) < 4.78 is 27.2. The normalized spacial score (nSPS) is 16.0. The van der Waals surface area contributed by atoms with Crippen LogP contribution in [0.25, 0.3) is 0 Å². The Labute approximate surface area is 149 Å². The van der Waals surface area contributed by atoms with Crippen LogP contribution in [0, 0.1) is 0 Å². The Balaban J connectivity index is 2.12. The summed E-state index contributed by atoms with van der Waals surface area (Å²) in [5, 5.41) is 9.24. The molecule has 1 aromatic rings. The summed E-state index contributed by atoms with van der Waals surface area (Å²) in [5.74, 6) is 0.0482. The fourth-order valence-corrected chi connectivity index (χ4v) is 3.84. The van der Waals surface area contributed by atoms with Crippen LogP contribution in [-0.2, 0) is 27.8 Å². The molecule has 0 aliphatic carbocycles. The second kappa shape index (κ2) is 8.60. The summed E-state index contributed by atoms with van der Waals surface area (Å²) in [4.78, 5) is 14.1. The van der Waals surface area contributed by atoms with E-state index in [0.29, 0.717) is 25.9 Å². The van der Waals surface area contributed by atoms with Crippen LogP contribution in [0.5, 0.6) is 0 Å². The molecule has 6 nitrogen and oxygen atoms in total. The summed E-state index contributed by atoms with van der Waals surface area (Å²) in [5.41, 5.74) is 1.96. The van der Waals surface area contributed by atoms with Gasteiger partial charge in [-0.05, 0) is 49.9 Å². The molecule has 2 N–H and O–H groups in total. The molecule has 1 aliphatic rings. The van der Waals surface area contributed by atoms with E-state index in [9.17, 15) is 18.3 Å². The molecule has 1 atom stereocenters. The van der Waals surface area contributed by atoms with Gasteiger partial charge in [0.1, 0.15) is 0 Å². The first-order chi connectivity index (χ1) is 11.8. The lowest BCUT2D eigenvalue weighted by molar-refractivity contribution is -0.131. The van der Waals surface area contributed by atoms with Crippen LogP contribution < -0.4 is 4.72 Å². The monoisotopic (exact) mass is 366 g/mol. The van der Waals surface area contributed by atoms with Crippen molar-refractivity contribution in [3.05, 3.63) is 41.5 Å². The lowest BCUT2D eigenvalue weighted by atomic mass is 9.99. The van der Waals surface area contributed by atoms with Crippen molar-refractivity contribution in [1.29, 1.82) is 0 Å². The van der Waals surface area contributed by atoms with Gasteiger partial charge in [0.15, 0.2) is 0 Å². The maximum Gasteiger partial charge on any atom is 0.240 e. The van der Waals surface area contributed by atoms with Gasteiger partial charge in [-0.3, -0.25) is 4.79 Å². The van der Waals surface area contributed by atoms with E-state index in [0.717, 1.165) is 17.5 Å². The third-order valence-electron chi connectivity index (χ3n) is 4.24. The highest BCUT2D eigenvalue weighted by molar-refractivity contribution is 7.89. The predicted octanol–water partition coefficient (Wildman–Crippen LogP) is 1.59. The third kappa shape index (κ3) is 5.39. The van der Waals surface area contributed by atoms with Crippen molar-refractivity contribution in [2.75, 3.05) is 13.1 Å². The molecule has 0 bridgehead atoms. The smallest absolute Gasteiger partial charge is 0.240 e. The minimum Gasteiger partial charge on any atom is -0.393 e. The Morgan fingerprint density at radius 2 is 2.16 bits per heavy atom. The first-order valence-corrected chi connectivity index (χ1v) is 10.00. The van der Waals surface area contributed by atoms with Gasteiger partial charge in [-0.25, -0.2) is 13.1 Å². The topological polar surface area (TPSA) is 86.7 Å². The van der Waals surface area contributed by atoms with E-state index in [4.69, 9.17) is 0 Å². The zero-order valence-electron chi connectivity index (χ0n) is 14.7. The van der Waals surface area contributed by atoms with Crippen LogP contribution in [0.4, 0.5) is 0 Å². The molecular formula is C18H26N2O4S. The van der Waals surface area contributed by atoms with Gasteiger partial charge in [-0.2, -0.15) is 0 Å². The molecule has 1 aliphatic heterocycles. The number of rotatable bonds is 7. The largest absolute Gasteiger partial charge is 0.393 e. The third-order valence-corrected chi connectivity index (χ3v) is 5.69. The fraction of sp³-hybridized carbons (Fsp3) is 0.500. The number of sulfonamides is 1. The number of carbonyl (C=O) groups excluding carboxylic acids is 1. The number of benzene rings is 1. The molecule has 1 aromatic carbocycles. The van der Waals surface area contributed by atoms with Crippen molar-refractivity contribution in [2.45, 2.75) is 50.7 Å². The summed E-state index contributed by atoms with van der Waals surface area (Å²) in [6, 6.07) is 5.07. The average molecular weight is 366 g/mol. The average Bonchev–Trinajstić information content (AvgIpc) is 2.58. The van der Waals surface area contributed by atoms with Gasteiger partial charge in [-0.15, -0.1) is 0 Å². The van der Waals surface area contributed by atoms with E-state index in [1.54, 1.807) is 24.0 Å². The summed E-state index contributed by atoms with van der Waals surface area (Å²) in [7, 11) is -3.62. The van der Waals surface area contributed by atoms with Crippen molar-refractivity contribution < 1.29 is 18.3 Å². The lowest BCUT2D eigenvalue weighted by Gasteiger charge is -2.29. The highest BCUT2D eigenvalue weighted by Gasteiger charge is 2.22. The van der Waals surface area contributed by atoms with Crippen molar-refractivity contribution in [3.63, 3.8) is 0 Å². The Morgan fingerprint density at radius 1 is 1.40 bits per heavy atom. The van der Waals surface area contributed by atoms with Crippen LogP contribution in [0.1, 0.15) is 37.8 Å². The molecule has 138 valence electrons. The number of aliphatic hydroxyl groups excluding tert-OH is 1. The Kier molecular flexibility index (Phi) is 6.75. The number of carbonyl (C=O) groups is 1. The van der Waals surface area contributed by atoms with Gasteiger partial charge in [0, 0.05) is 26.1 Å². The van der Waals surface area contributed by atoms with E-state index in [-0.39, 0.29) is 17.3 Å². The maximum atomic E-state index is 12.4. The molecule has 0 fully saturated rings. The quantitative estimate of drug-likeness (QED) is 0.718. The summed E-state index contributed by atoms with van der Waals surface area (Å²) in [6.07, 6.45) is 4.57. The molecule has 2 rings (SSSR count). The van der Waals surface area contributed by atoms with E-state index in [1.807, 2.05) is 25.1 Å². The number of nitrogens with one attached hydrogen (secondary N) is 1. The first-order valence-electron chi connectivity index (χ1n) is 8.52. The minimum absolute atomic E-state index is 0.0482. The first kappa shape index (κ1) is 19.6. The zero-order chi connectivity index (χ0) is 18.4. The Hall–Kier alpha value is -1.70. The molecule has 25 heavy (non-hydrogen) atoms. The molecular weight excluding hydrogens is 340 g/mol. The van der Waals surface area contributed by atoms with Gasteiger partial charge in [0.05, 0.1) is 11.0 Å². The highest BCUT2D eigenvalue weighted by atomic mass is 32.2. The molecule has 0 saturated carbocycles. The number of amides is 1. The predicted molar refractivity (Wildman–Crippen MR) is 96.5 cm³/mol. The minimum atomic E-state index is -3.62. The maximum absolute atomic E-state index is 12.4. The van der Waals surface area contributed by atoms with Crippen LogP contribution in [0.15, 0.2) is 35.2 Å². The van der Waals surface area contributed by atoms with Crippen LogP contribution in [0.2, 0.25) is 0 Å². The van der Waals surface area contributed by atoms with Gasteiger partial charge in [-0.1, -0.05) is 18.2 Å². The zero-order valence-corrected chi connectivity index (χ0v) is 15.6. The molecule has 0 spiro atoms. The Morgan fingerprint density at radius 3 is 2.84 bits per heavy atom. The molecule has 0 saturated heterocycles. The molecule has 0 radical (unpaired) electrons. The number of fused-ring (bicyclic) bond motifs is 1. The molecule has 1 heterocycles. The fourth-order valence-electron chi connectivity index (χ4n) is 2.75. The molecule has 1 unspecified atom stereocenters. The standard InChI is InChI=1S/C18H26N2O4S/c1-3-4-5-18(22)20-11-9-15-6-7-17(12-16(15)13-20)25(23,24)19-10-8-14(2)21/h3-4,6-7,12,14,19,21H,5,8-11,13H2,1-2H3/b4-3+. The number of hydrogen-bond acceptors (Lipinski definition) is 4. The number of hydrogen-bond donors (Lipinski definition) is 2. The van der Waals surface area contributed by atoms with Gasteiger partial charge in [0.2, 0.25) is 15.9 Å². The van der Waals surface area contributed by atoms with E-state index in [2.05, 4.69) is 4.72 Å². The van der Waals surface area contributed by atoms with Crippen LogP contribution in [0.3, 0.4) is 0 Å². The van der Waals surface area contributed by atoms with E-state index >= 15 is 0 Å². The summed E-state index contributed by atoms with van der Waals surface area (Å²) in [6.45, 7) is 4.77. The van der Waals surface area contributed by atoms with Crippen molar-refractivity contribution >= 4 is 15.9 Å². The van der Waals surface area contributed by atoms with Gasteiger partial charge in [0.25, 0.3) is 0 Å². The van der Waals surface area contributed by atoms with Crippen molar-refractivity contribution in [3.8, 4) is 0 Å². The second-order valence-corrected chi connectivity index (χ2v) is 8.07. The number of allylic oxidation sites excluding steroid dienone is 1. The van der Waals surface area contributed by atoms with E-state index < -0.39 is 16.1 Å². The van der Waals surface area contributed by atoms with Crippen molar-refractivity contribution in [2.24, 2.45) is 0 Å². The van der Waals surface area contributed by atoms with E-state index in [1.165, 1.54) is 0 Å². The number of aliphatic hydroxyl groups is 1. The highest BCUT2D eigenvalue weighted by Crippen LogP contribution is 2.23. The van der Waals surface area contributed by atoms with Crippen molar-refractivity contribution in [1.82, 2.24) is 9.62 Å². The van der Waals surface area contributed by atoms with Crippen LogP contribution in [-0.4, -0.2) is 43.5 Å². The second-order valence-electron chi connectivity index (χ2n) is 6.30. The Bertz CT molecular complexity index is 741. The lowest BCUT2D eigenvalue weighted by Crippen LogP contribution is -2.35. The molecule has 1 amide bonds. The van der Waals surface area contributed by atoms with Gasteiger partial charge >= 0.3 is 0 Å². The summed E-state index contributed by atoms with van der Waals surface area (Å²) >= 11 is 0. The number of nitrogens with zero attached hydrogens (tertiary/aromatic N) is 1.